The lowest BCUT2D eigenvalue weighted by molar-refractivity contribution is -0.384. The van der Waals surface area contributed by atoms with Crippen LogP contribution in [0.1, 0.15) is 23.0 Å². The second-order valence-corrected chi connectivity index (χ2v) is 6.82. The molecular formula is C15H17N3O3S. The average molecular weight is 319 g/mol. The number of carbonyl (C=O) groups excluding carboxylic acids is 1. The molecule has 0 aliphatic carbocycles. The van der Waals surface area contributed by atoms with Gasteiger partial charge < -0.3 is 10.6 Å². The van der Waals surface area contributed by atoms with E-state index in [0.29, 0.717) is 23.9 Å². The second kappa shape index (κ2) is 5.66. The summed E-state index contributed by atoms with van der Waals surface area (Å²) in [6.45, 7) is 3.31. The highest BCUT2D eigenvalue weighted by atomic mass is 32.1. The van der Waals surface area contributed by atoms with E-state index in [1.807, 2.05) is 11.8 Å². The molecule has 6 nitrogen and oxygen atoms in total. The van der Waals surface area contributed by atoms with E-state index in [-0.39, 0.29) is 17.6 Å². The molecule has 0 saturated carbocycles. The Bertz CT molecular complexity index is 743. The van der Waals surface area contributed by atoms with Gasteiger partial charge in [-0.2, -0.15) is 0 Å². The van der Waals surface area contributed by atoms with Crippen LogP contribution in [-0.2, 0) is 0 Å². The Balaban J connectivity index is 1.90. The fourth-order valence-corrected chi connectivity index (χ4v) is 3.99. The Kier molecular flexibility index (Phi) is 3.84. The van der Waals surface area contributed by atoms with E-state index < -0.39 is 4.92 Å². The molecule has 116 valence electrons. The first-order valence-corrected chi connectivity index (χ1v) is 8.00. The molecule has 1 aliphatic rings. The third-order valence-corrected chi connectivity index (χ3v) is 5.28. The molecule has 0 bridgehead atoms. The molecule has 2 N–H and O–H groups in total. The maximum atomic E-state index is 12.7. The van der Waals surface area contributed by atoms with Gasteiger partial charge >= 0.3 is 0 Å². The molecule has 1 amide bonds. The van der Waals surface area contributed by atoms with Crippen LogP contribution in [0.15, 0.2) is 24.3 Å². The van der Waals surface area contributed by atoms with Crippen LogP contribution in [0, 0.1) is 16.0 Å². The Morgan fingerprint density at radius 1 is 1.50 bits per heavy atom. The summed E-state index contributed by atoms with van der Waals surface area (Å²) in [5, 5.41) is 11.6. The van der Waals surface area contributed by atoms with E-state index in [0.717, 1.165) is 16.5 Å². The van der Waals surface area contributed by atoms with Gasteiger partial charge in [0.2, 0.25) is 0 Å². The predicted octanol–water partition coefficient (Wildman–Crippen LogP) is 2.62. The summed E-state index contributed by atoms with van der Waals surface area (Å²) in [6, 6.07) is 6.61. The molecule has 1 saturated heterocycles. The van der Waals surface area contributed by atoms with Crippen LogP contribution in [0.25, 0.3) is 10.1 Å². The summed E-state index contributed by atoms with van der Waals surface area (Å²) in [4.78, 5) is 25.6. The van der Waals surface area contributed by atoms with Gasteiger partial charge in [-0.25, -0.2) is 0 Å². The number of hydrogen-bond acceptors (Lipinski definition) is 5. The zero-order valence-electron chi connectivity index (χ0n) is 12.2. The lowest BCUT2D eigenvalue weighted by Crippen LogP contribution is -2.33. The van der Waals surface area contributed by atoms with Gasteiger partial charge in [-0.05, 0) is 37.9 Å². The van der Waals surface area contributed by atoms with Crippen molar-refractivity contribution in [2.24, 2.45) is 11.7 Å². The molecule has 7 heteroatoms. The highest BCUT2D eigenvalue weighted by Crippen LogP contribution is 2.32. The van der Waals surface area contributed by atoms with Gasteiger partial charge in [0, 0.05) is 34.8 Å². The van der Waals surface area contributed by atoms with Crippen molar-refractivity contribution in [3.05, 3.63) is 39.3 Å². The number of nitro benzene ring substituents is 1. The molecule has 1 aromatic heterocycles. The zero-order valence-corrected chi connectivity index (χ0v) is 13.0. The van der Waals surface area contributed by atoms with E-state index in [1.165, 1.54) is 23.5 Å². The minimum atomic E-state index is -0.424. The maximum absolute atomic E-state index is 12.7. The van der Waals surface area contributed by atoms with Gasteiger partial charge in [-0.1, -0.05) is 0 Å². The van der Waals surface area contributed by atoms with Crippen molar-refractivity contribution in [1.82, 2.24) is 4.90 Å². The number of fused-ring (bicyclic) bond motifs is 1. The van der Waals surface area contributed by atoms with Crippen LogP contribution in [0.2, 0.25) is 0 Å². The topological polar surface area (TPSA) is 89.5 Å². The predicted molar refractivity (Wildman–Crippen MR) is 86.1 cm³/mol. The molecule has 2 atom stereocenters. The Labute approximate surface area is 131 Å². The van der Waals surface area contributed by atoms with E-state index in [1.54, 1.807) is 12.1 Å². The third-order valence-electron chi connectivity index (χ3n) is 4.18. The number of rotatable bonds is 3. The standard InChI is InChI=1S/C15H17N3O3S/c1-9-4-10(7-16)8-17(9)15(19)14-6-11-5-12(18(20)21)2-3-13(11)22-14/h2-3,5-6,9-10H,4,7-8,16H2,1H3. The molecule has 2 heterocycles. The number of thiophene rings is 1. The molecule has 1 aromatic carbocycles. The van der Waals surface area contributed by atoms with E-state index in [9.17, 15) is 14.9 Å². The first-order chi connectivity index (χ1) is 10.5. The highest BCUT2D eigenvalue weighted by molar-refractivity contribution is 7.20. The minimum absolute atomic E-state index is 0.00713. The smallest absolute Gasteiger partial charge is 0.270 e. The van der Waals surface area contributed by atoms with Crippen LogP contribution >= 0.6 is 11.3 Å². The number of hydrogen-bond donors (Lipinski definition) is 1. The Morgan fingerprint density at radius 3 is 2.91 bits per heavy atom. The third kappa shape index (κ3) is 2.57. The number of benzene rings is 1. The maximum Gasteiger partial charge on any atom is 0.270 e. The molecule has 1 aliphatic heterocycles. The second-order valence-electron chi connectivity index (χ2n) is 5.73. The summed E-state index contributed by atoms with van der Waals surface area (Å²) in [5.74, 6) is 0.349. The van der Waals surface area contributed by atoms with Crippen molar-refractivity contribution in [2.75, 3.05) is 13.1 Å². The first-order valence-electron chi connectivity index (χ1n) is 7.18. The summed E-state index contributed by atoms with van der Waals surface area (Å²) in [7, 11) is 0. The summed E-state index contributed by atoms with van der Waals surface area (Å²) in [6.07, 6.45) is 0.929. The summed E-state index contributed by atoms with van der Waals surface area (Å²) < 4.78 is 0.885. The number of likely N-dealkylation sites (tertiary alicyclic amines) is 1. The average Bonchev–Trinajstić information content (AvgIpc) is 3.08. The SMILES string of the molecule is CC1CC(CN)CN1C(=O)c1cc2cc([N+](=O)[O-])ccc2s1. The monoisotopic (exact) mass is 319 g/mol. The van der Waals surface area contributed by atoms with E-state index in [2.05, 4.69) is 0 Å². The van der Waals surface area contributed by atoms with Crippen molar-refractivity contribution >= 4 is 33.0 Å². The van der Waals surface area contributed by atoms with Crippen LogP contribution in [0.3, 0.4) is 0 Å². The number of amides is 1. The normalized spacial score (nSPS) is 21.5. The lowest BCUT2D eigenvalue weighted by atomic mass is 10.1. The largest absolute Gasteiger partial charge is 0.335 e. The van der Waals surface area contributed by atoms with Crippen LogP contribution in [0.5, 0.6) is 0 Å². The van der Waals surface area contributed by atoms with Crippen LogP contribution in [0.4, 0.5) is 5.69 Å². The summed E-state index contributed by atoms with van der Waals surface area (Å²) >= 11 is 1.38. The van der Waals surface area contributed by atoms with Gasteiger partial charge in [0.05, 0.1) is 9.80 Å². The number of nitro groups is 1. The molecule has 0 spiro atoms. The minimum Gasteiger partial charge on any atom is -0.335 e. The van der Waals surface area contributed by atoms with Crippen molar-refractivity contribution in [1.29, 1.82) is 0 Å². The van der Waals surface area contributed by atoms with Gasteiger partial charge in [0.1, 0.15) is 0 Å². The zero-order chi connectivity index (χ0) is 15.9. The Morgan fingerprint density at radius 2 is 2.27 bits per heavy atom. The van der Waals surface area contributed by atoms with Crippen LogP contribution < -0.4 is 5.73 Å². The molecule has 0 radical (unpaired) electrons. The molecule has 2 unspecified atom stereocenters. The molecule has 2 aromatic rings. The highest BCUT2D eigenvalue weighted by Gasteiger charge is 2.32. The number of nitrogens with two attached hydrogens (primary N) is 1. The van der Waals surface area contributed by atoms with Crippen molar-refractivity contribution in [2.45, 2.75) is 19.4 Å². The first kappa shape index (κ1) is 14.9. The molecule has 22 heavy (non-hydrogen) atoms. The molecule has 1 fully saturated rings. The van der Waals surface area contributed by atoms with Crippen molar-refractivity contribution in [3.8, 4) is 0 Å². The van der Waals surface area contributed by atoms with Gasteiger partial charge in [-0.3, -0.25) is 14.9 Å². The summed E-state index contributed by atoms with van der Waals surface area (Å²) in [5.41, 5.74) is 5.75. The number of carbonyl (C=O) groups is 1. The fraction of sp³-hybridized carbons (Fsp3) is 0.400. The van der Waals surface area contributed by atoms with Gasteiger partial charge in [-0.15, -0.1) is 11.3 Å². The van der Waals surface area contributed by atoms with Crippen molar-refractivity contribution < 1.29 is 9.72 Å². The molecular weight excluding hydrogens is 302 g/mol. The number of nitrogens with zero attached hydrogens (tertiary/aromatic N) is 2. The Hall–Kier alpha value is -1.99. The quantitative estimate of drug-likeness (QED) is 0.695. The lowest BCUT2D eigenvalue weighted by Gasteiger charge is -2.20. The fourth-order valence-electron chi connectivity index (χ4n) is 2.99. The van der Waals surface area contributed by atoms with Gasteiger partial charge in [0.25, 0.3) is 11.6 Å². The van der Waals surface area contributed by atoms with Crippen molar-refractivity contribution in [3.63, 3.8) is 0 Å². The van der Waals surface area contributed by atoms with E-state index in [4.69, 9.17) is 5.73 Å². The number of non-ortho nitro benzene ring substituents is 1. The van der Waals surface area contributed by atoms with Crippen LogP contribution in [-0.4, -0.2) is 34.9 Å². The molecule has 3 rings (SSSR count). The van der Waals surface area contributed by atoms with E-state index >= 15 is 0 Å². The van der Waals surface area contributed by atoms with Gasteiger partial charge in [0.15, 0.2) is 0 Å².